The first-order chi connectivity index (χ1) is 28.2. The molecule has 0 saturated carbocycles. The van der Waals surface area contributed by atoms with Gasteiger partial charge in [0.05, 0.1) is 5.41 Å². The van der Waals surface area contributed by atoms with E-state index in [1.807, 2.05) is 0 Å². The number of nitrogens with zero attached hydrogens (tertiary/aromatic N) is 1. The van der Waals surface area contributed by atoms with Gasteiger partial charge in [-0.3, -0.25) is 0 Å². The summed E-state index contributed by atoms with van der Waals surface area (Å²) in [5.41, 5.74) is 18.9. The zero-order valence-electron chi connectivity index (χ0n) is 32.6. The number of hydrogen-bond donors (Lipinski definition) is 0. The maximum Gasteiger partial charge on any atom is 0.0713 e. The molecule has 2 aliphatic carbocycles. The van der Waals surface area contributed by atoms with Gasteiger partial charge in [0, 0.05) is 22.5 Å². The van der Waals surface area contributed by atoms with Gasteiger partial charge >= 0.3 is 0 Å². The predicted molar refractivity (Wildman–Crippen MR) is 241 cm³/mol. The van der Waals surface area contributed by atoms with E-state index in [9.17, 15) is 0 Å². The van der Waals surface area contributed by atoms with Crippen LogP contribution >= 0.6 is 0 Å². The third-order valence-corrected chi connectivity index (χ3v) is 12.8. The molecular formula is C56H45N. The summed E-state index contributed by atoms with van der Waals surface area (Å²) in [5, 5.41) is 0. The highest BCUT2D eigenvalue weighted by molar-refractivity contribution is 5.88. The molecule has 0 aliphatic heterocycles. The van der Waals surface area contributed by atoms with Crippen LogP contribution in [-0.4, -0.2) is 0 Å². The Morgan fingerprint density at radius 1 is 0.368 bits per heavy atom. The van der Waals surface area contributed by atoms with Gasteiger partial charge < -0.3 is 4.90 Å². The van der Waals surface area contributed by atoms with Crippen LogP contribution in [0.2, 0.25) is 0 Å². The molecule has 0 heterocycles. The van der Waals surface area contributed by atoms with E-state index in [-0.39, 0.29) is 10.8 Å². The van der Waals surface area contributed by atoms with Gasteiger partial charge in [0.25, 0.3) is 0 Å². The van der Waals surface area contributed by atoms with Crippen LogP contribution in [0.1, 0.15) is 71.2 Å². The molecule has 8 aromatic carbocycles. The maximum absolute atomic E-state index is 2.46. The van der Waals surface area contributed by atoms with Crippen molar-refractivity contribution in [3.05, 3.63) is 245 Å². The number of benzene rings is 8. The smallest absolute Gasteiger partial charge is 0.0713 e. The molecule has 8 aromatic rings. The molecule has 0 radical (unpaired) electrons. The lowest BCUT2D eigenvalue weighted by Gasteiger charge is -2.33. The SMILES string of the molecule is CCC1(CC)c2cc(C=Cc3ccc(C4(c5ccccc5)c5ccccc5-c5ccccc54)cc3)ccc2-c2ccc(N(c3ccccc3)c3ccccc3)cc21. The first-order valence-corrected chi connectivity index (χ1v) is 20.4. The average Bonchev–Trinajstić information content (AvgIpc) is 3.74. The van der Waals surface area contributed by atoms with Crippen molar-refractivity contribution >= 4 is 29.2 Å². The first kappa shape index (κ1) is 34.8. The normalized spacial score (nSPS) is 14.1. The predicted octanol–water partition coefficient (Wildman–Crippen LogP) is 14.8. The molecule has 10 rings (SSSR count). The Morgan fingerprint density at radius 3 is 1.39 bits per heavy atom. The lowest BCUT2D eigenvalue weighted by atomic mass is 9.67. The lowest BCUT2D eigenvalue weighted by molar-refractivity contribution is 0.490. The van der Waals surface area contributed by atoms with Gasteiger partial charge in [0.1, 0.15) is 0 Å². The van der Waals surface area contributed by atoms with Gasteiger partial charge in [-0.2, -0.15) is 0 Å². The van der Waals surface area contributed by atoms with Crippen LogP contribution in [-0.2, 0) is 10.8 Å². The van der Waals surface area contributed by atoms with Crippen molar-refractivity contribution in [3.63, 3.8) is 0 Å². The fraction of sp³-hybridized carbons (Fsp3) is 0.107. The molecule has 0 amide bonds. The van der Waals surface area contributed by atoms with Crippen molar-refractivity contribution in [2.45, 2.75) is 37.5 Å². The quantitative estimate of drug-likeness (QED) is 0.134. The molecule has 2 aliphatic rings. The molecule has 57 heavy (non-hydrogen) atoms. The van der Waals surface area contributed by atoms with E-state index >= 15 is 0 Å². The molecule has 0 bridgehead atoms. The minimum atomic E-state index is -0.381. The maximum atomic E-state index is 2.46. The van der Waals surface area contributed by atoms with Crippen molar-refractivity contribution in [2.24, 2.45) is 0 Å². The molecule has 0 atom stereocenters. The molecule has 0 fully saturated rings. The molecule has 0 unspecified atom stereocenters. The highest BCUT2D eigenvalue weighted by Crippen LogP contribution is 2.57. The minimum Gasteiger partial charge on any atom is -0.310 e. The summed E-state index contributed by atoms with van der Waals surface area (Å²) in [6, 6.07) is 73.8. The Balaban J connectivity index is 1.00. The van der Waals surface area contributed by atoms with Crippen molar-refractivity contribution in [3.8, 4) is 22.3 Å². The van der Waals surface area contributed by atoms with Gasteiger partial charge in [0.15, 0.2) is 0 Å². The van der Waals surface area contributed by atoms with Gasteiger partial charge in [-0.1, -0.05) is 190 Å². The van der Waals surface area contributed by atoms with E-state index in [0.717, 1.165) is 24.2 Å². The zero-order valence-corrected chi connectivity index (χ0v) is 32.6. The molecule has 0 aromatic heterocycles. The van der Waals surface area contributed by atoms with E-state index in [1.165, 1.54) is 72.4 Å². The van der Waals surface area contributed by atoms with E-state index in [4.69, 9.17) is 0 Å². The third kappa shape index (κ3) is 5.45. The zero-order chi connectivity index (χ0) is 38.4. The Bertz CT molecular complexity index is 2650. The molecule has 0 spiro atoms. The van der Waals surface area contributed by atoms with Crippen molar-refractivity contribution in [1.29, 1.82) is 0 Å². The fourth-order valence-corrected chi connectivity index (χ4v) is 10.1. The molecule has 0 saturated heterocycles. The van der Waals surface area contributed by atoms with E-state index < -0.39 is 0 Å². The van der Waals surface area contributed by atoms with Crippen LogP contribution in [0.3, 0.4) is 0 Å². The van der Waals surface area contributed by atoms with Gasteiger partial charge in [-0.05, 0) is 116 Å². The van der Waals surface area contributed by atoms with Crippen LogP contribution in [0.4, 0.5) is 17.1 Å². The molecule has 274 valence electrons. The monoisotopic (exact) mass is 731 g/mol. The highest BCUT2D eigenvalue weighted by atomic mass is 15.1. The summed E-state index contributed by atoms with van der Waals surface area (Å²) in [6.45, 7) is 4.71. The summed E-state index contributed by atoms with van der Waals surface area (Å²) < 4.78 is 0. The van der Waals surface area contributed by atoms with Gasteiger partial charge in [-0.15, -0.1) is 0 Å². The van der Waals surface area contributed by atoms with Crippen molar-refractivity contribution < 1.29 is 0 Å². The fourth-order valence-electron chi connectivity index (χ4n) is 10.1. The second-order valence-corrected chi connectivity index (χ2v) is 15.5. The van der Waals surface area contributed by atoms with Crippen molar-refractivity contribution in [1.82, 2.24) is 0 Å². The van der Waals surface area contributed by atoms with E-state index in [1.54, 1.807) is 0 Å². The topological polar surface area (TPSA) is 3.24 Å². The first-order valence-electron chi connectivity index (χ1n) is 20.4. The highest BCUT2D eigenvalue weighted by Gasteiger charge is 2.46. The molecule has 0 N–H and O–H groups in total. The van der Waals surface area contributed by atoms with Crippen LogP contribution < -0.4 is 4.90 Å². The molecular weight excluding hydrogens is 687 g/mol. The summed E-state index contributed by atoms with van der Waals surface area (Å²) in [6.07, 6.45) is 6.63. The van der Waals surface area contributed by atoms with Crippen LogP contribution in [0.25, 0.3) is 34.4 Å². The average molecular weight is 732 g/mol. The van der Waals surface area contributed by atoms with Gasteiger partial charge in [0.2, 0.25) is 0 Å². The Morgan fingerprint density at radius 2 is 0.807 bits per heavy atom. The minimum absolute atomic E-state index is 0.0646. The summed E-state index contributed by atoms with van der Waals surface area (Å²) in [7, 11) is 0. The summed E-state index contributed by atoms with van der Waals surface area (Å²) >= 11 is 0. The second-order valence-electron chi connectivity index (χ2n) is 15.5. The number of para-hydroxylation sites is 2. The standard InChI is InChI=1S/C56H45N/c1-3-55(4-2)53-38-41(32-36-49(53)50-37-35-46(39-54(50)55)57(44-20-10-6-11-21-44)45-22-12-7-13-23-45)29-28-40-30-33-43(34-31-40)56(42-18-8-5-9-19-42)51-26-16-14-24-47(51)48-25-15-17-27-52(48)56/h5-39H,3-4H2,1-2H3. The summed E-state index contributed by atoms with van der Waals surface area (Å²) in [5.74, 6) is 0. The van der Waals surface area contributed by atoms with Gasteiger partial charge in [-0.25, -0.2) is 0 Å². The number of rotatable bonds is 9. The second kappa shape index (κ2) is 14.1. The lowest BCUT2D eigenvalue weighted by Crippen LogP contribution is -2.28. The van der Waals surface area contributed by atoms with Crippen molar-refractivity contribution in [2.75, 3.05) is 4.90 Å². The Kier molecular flexibility index (Phi) is 8.60. The third-order valence-electron chi connectivity index (χ3n) is 12.8. The van der Waals surface area contributed by atoms with E-state index in [0.29, 0.717) is 0 Å². The van der Waals surface area contributed by atoms with Crippen LogP contribution in [0.5, 0.6) is 0 Å². The number of anilines is 3. The molecule has 1 nitrogen and oxygen atoms in total. The number of fused-ring (bicyclic) bond motifs is 6. The summed E-state index contributed by atoms with van der Waals surface area (Å²) in [4.78, 5) is 2.38. The largest absolute Gasteiger partial charge is 0.310 e. The Hall–Kier alpha value is -6.70. The van der Waals surface area contributed by atoms with E-state index in [2.05, 4.69) is 231 Å². The van der Waals surface area contributed by atoms with Crippen LogP contribution in [0, 0.1) is 0 Å². The van der Waals surface area contributed by atoms with Crippen LogP contribution in [0.15, 0.2) is 200 Å². The Labute approximate surface area is 337 Å². The number of hydrogen-bond acceptors (Lipinski definition) is 1. The molecule has 1 heteroatoms.